The second-order valence-electron chi connectivity index (χ2n) is 4.13. The Hall–Kier alpha value is -0.550. The summed E-state index contributed by atoms with van der Waals surface area (Å²) in [5.41, 5.74) is 1.94. The fourth-order valence-corrected chi connectivity index (χ4v) is 3.72. The van der Waals surface area contributed by atoms with E-state index >= 15 is 0 Å². The molecule has 0 saturated carbocycles. The first-order valence-corrected chi connectivity index (χ1v) is 7.52. The quantitative estimate of drug-likeness (QED) is 0.885. The molecule has 0 spiro atoms. The van der Waals surface area contributed by atoms with Crippen LogP contribution in [0.1, 0.15) is 22.1 Å². The molecule has 1 aromatic carbocycles. The average molecular weight is 346 g/mol. The van der Waals surface area contributed by atoms with E-state index in [0.29, 0.717) is 10.9 Å². The van der Waals surface area contributed by atoms with Crippen molar-refractivity contribution in [2.75, 3.05) is 6.61 Å². The molecule has 1 aliphatic heterocycles. The Labute approximate surface area is 122 Å². The first-order valence-electron chi connectivity index (χ1n) is 5.53. The lowest BCUT2D eigenvalue weighted by atomic mass is 10.0. The fraction of sp³-hybridized carbons (Fsp3) is 0.231. The van der Waals surface area contributed by atoms with Crippen molar-refractivity contribution in [2.24, 2.45) is 0 Å². The second-order valence-corrected chi connectivity index (χ2v) is 6.79. The van der Waals surface area contributed by atoms with Gasteiger partial charge in [-0.1, -0.05) is 27.5 Å². The lowest BCUT2D eigenvalue weighted by molar-refractivity contribution is 0.217. The van der Waals surface area contributed by atoms with E-state index in [1.807, 2.05) is 18.2 Å². The predicted octanol–water partition coefficient (Wildman–Crippen LogP) is 4.18. The molecular weight excluding hydrogens is 336 g/mol. The Morgan fingerprint density at radius 1 is 1.39 bits per heavy atom. The van der Waals surface area contributed by atoms with Gasteiger partial charge in [-0.25, -0.2) is 0 Å². The fourth-order valence-electron chi connectivity index (χ4n) is 2.13. The Bertz CT molecular complexity index is 597. The van der Waals surface area contributed by atoms with Crippen LogP contribution in [0.4, 0.5) is 0 Å². The highest BCUT2D eigenvalue weighted by atomic mass is 79.9. The van der Waals surface area contributed by atoms with Gasteiger partial charge in [-0.05, 0) is 29.8 Å². The van der Waals surface area contributed by atoms with Crippen molar-refractivity contribution >= 4 is 38.9 Å². The van der Waals surface area contributed by atoms with Crippen molar-refractivity contribution in [3.63, 3.8) is 0 Å². The summed E-state index contributed by atoms with van der Waals surface area (Å²) in [6, 6.07) is 7.59. The Morgan fingerprint density at radius 3 is 2.94 bits per heavy atom. The summed E-state index contributed by atoms with van der Waals surface area (Å²) in [6.07, 6.45) is 0.200. The second kappa shape index (κ2) is 4.85. The molecule has 0 fully saturated rings. The molecule has 0 bridgehead atoms. The van der Waals surface area contributed by atoms with Gasteiger partial charge in [0.25, 0.3) is 0 Å². The number of hydrogen-bond donors (Lipinski definition) is 1. The molecule has 2 aromatic rings. The third-order valence-corrected chi connectivity index (χ3v) is 4.68. The lowest BCUT2D eigenvalue weighted by Gasteiger charge is -2.14. The van der Waals surface area contributed by atoms with Gasteiger partial charge in [0.05, 0.1) is 10.9 Å². The normalized spacial score (nSPS) is 15.3. The SMILES string of the molecule is OC(c1ccc(Cl)s1)c1cc(Br)cc2c1OCC2. The molecule has 94 valence electrons. The minimum absolute atomic E-state index is 0.677. The molecule has 3 rings (SSSR count). The van der Waals surface area contributed by atoms with Gasteiger partial charge in [0.1, 0.15) is 11.9 Å². The molecule has 2 nitrogen and oxygen atoms in total. The number of ether oxygens (including phenoxy) is 1. The summed E-state index contributed by atoms with van der Waals surface area (Å²) in [6.45, 7) is 0.677. The van der Waals surface area contributed by atoms with Crippen molar-refractivity contribution in [2.45, 2.75) is 12.5 Å². The molecule has 1 atom stereocenters. The largest absolute Gasteiger partial charge is 0.493 e. The summed E-state index contributed by atoms with van der Waals surface area (Å²) in [4.78, 5) is 0.829. The molecule has 1 aliphatic rings. The van der Waals surface area contributed by atoms with Crippen molar-refractivity contribution < 1.29 is 9.84 Å². The third kappa shape index (κ3) is 2.18. The number of hydrogen-bond acceptors (Lipinski definition) is 3. The zero-order valence-electron chi connectivity index (χ0n) is 9.32. The number of thiophene rings is 1. The molecule has 2 heterocycles. The van der Waals surface area contributed by atoms with Gasteiger partial charge in [-0.2, -0.15) is 0 Å². The highest BCUT2D eigenvalue weighted by molar-refractivity contribution is 9.10. The van der Waals surface area contributed by atoms with Crippen LogP contribution in [0, 0.1) is 0 Å². The minimum atomic E-state index is -0.688. The maximum Gasteiger partial charge on any atom is 0.128 e. The van der Waals surface area contributed by atoms with Crippen LogP contribution in [0.3, 0.4) is 0 Å². The number of aliphatic hydroxyl groups excluding tert-OH is 1. The van der Waals surface area contributed by atoms with E-state index in [1.165, 1.54) is 11.3 Å². The molecule has 0 radical (unpaired) electrons. The Morgan fingerprint density at radius 2 is 2.22 bits per heavy atom. The molecule has 1 N–H and O–H groups in total. The highest BCUT2D eigenvalue weighted by Crippen LogP contribution is 2.40. The molecular formula is C13H10BrClO2S. The van der Waals surface area contributed by atoms with Gasteiger partial charge >= 0.3 is 0 Å². The number of aliphatic hydroxyl groups is 1. The summed E-state index contributed by atoms with van der Waals surface area (Å²) in [5.74, 6) is 0.815. The van der Waals surface area contributed by atoms with Crippen LogP contribution < -0.4 is 4.74 Å². The molecule has 0 saturated heterocycles. The molecule has 1 aromatic heterocycles. The van der Waals surface area contributed by atoms with E-state index in [1.54, 1.807) is 6.07 Å². The van der Waals surface area contributed by atoms with Crippen molar-refractivity contribution in [1.82, 2.24) is 0 Å². The van der Waals surface area contributed by atoms with E-state index < -0.39 is 6.10 Å². The molecule has 18 heavy (non-hydrogen) atoms. The molecule has 0 aliphatic carbocycles. The van der Waals surface area contributed by atoms with E-state index in [0.717, 1.165) is 32.6 Å². The van der Waals surface area contributed by atoms with Crippen LogP contribution in [0.15, 0.2) is 28.7 Å². The van der Waals surface area contributed by atoms with Crippen LogP contribution in [0.5, 0.6) is 5.75 Å². The lowest BCUT2D eigenvalue weighted by Crippen LogP contribution is -2.00. The molecule has 1 unspecified atom stereocenters. The van der Waals surface area contributed by atoms with Gasteiger partial charge in [0.2, 0.25) is 0 Å². The highest BCUT2D eigenvalue weighted by Gasteiger charge is 2.23. The first-order chi connectivity index (χ1) is 8.65. The number of fused-ring (bicyclic) bond motifs is 1. The van der Waals surface area contributed by atoms with Crippen LogP contribution in [-0.2, 0) is 6.42 Å². The summed E-state index contributed by atoms with van der Waals surface area (Å²) < 4.78 is 7.26. The van der Waals surface area contributed by atoms with E-state index in [9.17, 15) is 5.11 Å². The molecule has 0 amide bonds. The van der Waals surface area contributed by atoms with Crippen LogP contribution in [0.25, 0.3) is 0 Å². The van der Waals surface area contributed by atoms with Crippen molar-refractivity contribution in [1.29, 1.82) is 0 Å². The monoisotopic (exact) mass is 344 g/mol. The number of rotatable bonds is 2. The summed E-state index contributed by atoms with van der Waals surface area (Å²) in [7, 11) is 0. The zero-order valence-corrected chi connectivity index (χ0v) is 12.5. The Kier molecular flexibility index (Phi) is 3.36. The summed E-state index contributed by atoms with van der Waals surface area (Å²) in [5, 5.41) is 10.4. The van der Waals surface area contributed by atoms with Gasteiger partial charge < -0.3 is 9.84 Å². The van der Waals surface area contributed by atoms with Gasteiger partial charge in [0, 0.05) is 21.3 Å². The zero-order chi connectivity index (χ0) is 12.7. The third-order valence-electron chi connectivity index (χ3n) is 2.94. The van der Waals surface area contributed by atoms with E-state index in [2.05, 4.69) is 15.9 Å². The Balaban J connectivity index is 2.06. The smallest absolute Gasteiger partial charge is 0.128 e. The van der Waals surface area contributed by atoms with E-state index in [4.69, 9.17) is 16.3 Å². The maximum atomic E-state index is 10.4. The topological polar surface area (TPSA) is 29.5 Å². The van der Waals surface area contributed by atoms with Crippen molar-refractivity contribution in [3.05, 3.63) is 49.1 Å². The predicted molar refractivity (Wildman–Crippen MR) is 76.7 cm³/mol. The van der Waals surface area contributed by atoms with E-state index in [-0.39, 0.29) is 0 Å². The number of halogens is 2. The van der Waals surface area contributed by atoms with Gasteiger partial charge in [0.15, 0.2) is 0 Å². The van der Waals surface area contributed by atoms with Gasteiger partial charge in [-0.3, -0.25) is 0 Å². The summed E-state index contributed by atoms with van der Waals surface area (Å²) >= 11 is 10.8. The van der Waals surface area contributed by atoms with Crippen LogP contribution >= 0.6 is 38.9 Å². The number of benzene rings is 1. The van der Waals surface area contributed by atoms with Gasteiger partial charge in [-0.15, -0.1) is 11.3 Å². The van der Waals surface area contributed by atoms with Crippen LogP contribution in [0.2, 0.25) is 4.34 Å². The molecule has 5 heteroatoms. The maximum absolute atomic E-state index is 10.4. The van der Waals surface area contributed by atoms with Crippen molar-refractivity contribution in [3.8, 4) is 5.75 Å². The minimum Gasteiger partial charge on any atom is -0.493 e. The first kappa shape index (κ1) is 12.5. The standard InChI is InChI=1S/C13H10BrClO2S/c14-8-5-7-3-4-17-13(7)9(6-8)12(16)10-1-2-11(15)18-10/h1-2,5-6,12,16H,3-4H2. The van der Waals surface area contributed by atoms with Crippen LogP contribution in [-0.4, -0.2) is 11.7 Å². The average Bonchev–Trinajstić information content (AvgIpc) is 2.95.